The van der Waals surface area contributed by atoms with Crippen molar-refractivity contribution >= 4 is 31.6 Å². The summed E-state index contributed by atoms with van der Waals surface area (Å²) >= 11 is 3.35. The zero-order valence-corrected chi connectivity index (χ0v) is 13.1. The van der Waals surface area contributed by atoms with Crippen molar-refractivity contribution in [2.75, 3.05) is 23.6 Å². The van der Waals surface area contributed by atoms with E-state index in [1.165, 1.54) is 0 Å². The van der Waals surface area contributed by atoms with Crippen LogP contribution in [0.3, 0.4) is 0 Å². The van der Waals surface area contributed by atoms with Crippen molar-refractivity contribution in [3.8, 4) is 0 Å². The molecule has 1 rings (SSSR count). The van der Waals surface area contributed by atoms with E-state index in [2.05, 4.69) is 26.0 Å². The van der Waals surface area contributed by atoms with Gasteiger partial charge in [0, 0.05) is 11.0 Å². The molecule has 102 valence electrons. The minimum atomic E-state index is -3.28. The molecule has 0 atom stereocenters. The summed E-state index contributed by atoms with van der Waals surface area (Å²) in [6.45, 7) is 5.23. The second-order valence-electron chi connectivity index (χ2n) is 4.13. The fraction of sp³-hybridized carbons (Fsp3) is 0.500. The molecule has 0 heterocycles. The molecule has 18 heavy (non-hydrogen) atoms. The minimum absolute atomic E-state index is 0.0858. The van der Waals surface area contributed by atoms with Crippen LogP contribution in [0, 0.1) is 6.92 Å². The second kappa shape index (κ2) is 7.11. The van der Waals surface area contributed by atoms with Crippen LogP contribution in [0.25, 0.3) is 0 Å². The number of benzene rings is 1. The van der Waals surface area contributed by atoms with Crippen LogP contribution in [0.15, 0.2) is 22.7 Å². The van der Waals surface area contributed by atoms with Gasteiger partial charge in [0.2, 0.25) is 10.0 Å². The molecule has 6 heteroatoms. The number of sulfonamides is 1. The maximum Gasteiger partial charge on any atom is 0.233 e. The number of nitrogens with one attached hydrogen (secondary N) is 2. The van der Waals surface area contributed by atoms with Gasteiger partial charge in [-0.15, -0.1) is 0 Å². The minimum Gasteiger partial charge on any atom is -0.316 e. The van der Waals surface area contributed by atoms with E-state index in [1.807, 2.05) is 26.0 Å². The molecule has 0 aromatic heterocycles. The van der Waals surface area contributed by atoms with E-state index in [4.69, 9.17) is 0 Å². The summed E-state index contributed by atoms with van der Waals surface area (Å²) in [6, 6.07) is 5.46. The topological polar surface area (TPSA) is 58.2 Å². The molecule has 4 nitrogen and oxygen atoms in total. The van der Waals surface area contributed by atoms with Crippen LogP contribution in [0.2, 0.25) is 0 Å². The molecule has 0 bridgehead atoms. The lowest BCUT2D eigenvalue weighted by Gasteiger charge is -2.11. The van der Waals surface area contributed by atoms with E-state index in [-0.39, 0.29) is 5.75 Å². The summed E-state index contributed by atoms with van der Waals surface area (Å²) in [5.74, 6) is 0.0858. The van der Waals surface area contributed by atoms with E-state index in [1.54, 1.807) is 6.07 Å². The van der Waals surface area contributed by atoms with Crippen molar-refractivity contribution in [2.24, 2.45) is 0 Å². The molecular formula is C12H19BrN2O2S. The monoisotopic (exact) mass is 334 g/mol. The average Bonchev–Trinajstić information content (AvgIpc) is 2.28. The van der Waals surface area contributed by atoms with Crippen LogP contribution in [0.1, 0.15) is 18.9 Å². The molecule has 0 aliphatic heterocycles. The second-order valence-corrected chi connectivity index (χ2v) is 6.89. The number of halogens is 1. The first-order valence-electron chi connectivity index (χ1n) is 5.92. The molecule has 1 aromatic carbocycles. The highest BCUT2D eigenvalue weighted by Gasteiger charge is 2.11. The molecule has 0 saturated heterocycles. The van der Waals surface area contributed by atoms with Gasteiger partial charge >= 0.3 is 0 Å². The quantitative estimate of drug-likeness (QED) is 0.753. The van der Waals surface area contributed by atoms with Crippen molar-refractivity contribution in [3.63, 3.8) is 0 Å². The third kappa shape index (κ3) is 5.37. The number of aryl methyl sites for hydroxylation is 1. The van der Waals surface area contributed by atoms with Gasteiger partial charge in [-0.3, -0.25) is 4.72 Å². The Labute approximate surface area is 117 Å². The van der Waals surface area contributed by atoms with Crippen LogP contribution in [0.5, 0.6) is 0 Å². The number of hydrogen-bond donors (Lipinski definition) is 2. The fourth-order valence-electron chi connectivity index (χ4n) is 1.47. The molecule has 1 aromatic rings. The molecule has 0 aliphatic carbocycles. The van der Waals surface area contributed by atoms with Gasteiger partial charge in [-0.25, -0.2) is 8.42 Å². The van der Waals surface area contributed by atoms with Crippen molar-refractivity contribution in [3.05, 3.63) is 28.2 Å². The van der Waals surface area contributed by atoms with Crippen LogP contribution < -0.4 is 10.0 Å². The molecule has 0 saturated carbocycles. The lowest BCUT2D eigenvalue weighted by molar-refractivity contribution is 0.595. The fourth-order valence-corrected chi connectivity index (χ4v) is 3.02. The lowest BCUT2D eigenvalue weighted by atomic mass is 10.2. The molecular weight excluding hydrogens is 316 g/mol. The summed E-state index contributed by atoms with van der Waals surface area (Å²) in [6.07, 6.45) is 0.999. The van der Waals surface area contributed by atoms with Gasteiger partial charge < -0.3 is 5.32 Å². The third-order valence-corrected chi connectivity index (χ3v) is 4.19. The highest BCUT2D eigenvalue weighted by atomic mass is 79.9. The predicted molar refractivity (Wildman–Crippen MR) is 79.4 cm³/mol. The van der Waals surface area contributed by atoms with Gasteiger partial charge in [-0.2, -0.15) is 0 Å². The summed E-state index contributed by atoms with van der Waals surface area (Å²) in [7, 11) is -3.28. The van der Waals surface area contributed by atoms with E-state index in [0.29, 0.717) is 12.2 Å². The Hall–Kier alpha value is -0.590. The molecule has 2 N–H and O–H groups in total. The molecule has 0 unspecified atom stereocenters. The van der Waals surface area contributed by atoms with Crippen molar-refractivity contribution in [2.45, 2.75) is 20.3 Å². The molecule has 0 radical (unpaired) electrons. The Balaban J connectivity index is 2.59. The van der Waals surface area contributed by atoms with E-state index >= 15 is 0 Å². The van der Waals surface area contributed by atoms with Gasteiger partial charge in [0.25, 0.3) is 0 Å². The normalized spacial score (nSPS) is 11.5. The first-order valence-corrected chi connectivity index (χ1v) is 8.36. The Kier molecular flexibility index (Phi) is 6.11. The highest BCUT2D eigenvalue weighted by Crippen LogP contribution is 2.20. The van der Waals surface area contributed by atoms with Gasteiger partial charge in [0.05, 0.1) is 11.4 Å². The summed E-state index contributed by atoms with van der Waals surface area (Å²) in [5, 5.41) is 3.07. The maximum absolute atomic E-state index is 11.8. The first kappa shape index (κ1) is 15.5. The van der Waals surface area contributed by atoms with E-state index in [9.17, 15) is 8.42 Å². The average molecular weight is 335 g/mol. The van der Waals surface area contributed by atoms with Crippen LogP contribution in [-0.2, 0) is 10.0 Å². The Morgan fingerprint density at radius 3 is 2.61 bits per heavy atom. The van der Waals surface area contributed by atoms with E-state index in [0.717, 1.165) is 23.0 Å². The Bertz CT molecular complexity index is 489. The lowest BCUT2D eigenvalue weighted by Crippen LogP contribution is -2.27. The smallest absolute Gasteiger partial charge is 0.233 e. The number of hydrogen-bond acceptors (Lipinski definition) is 3. The van der Waals surface area contributed by atoms with Gasteiger partial charge in [0.15, 0.2) is 0 Å². The van der Waals surface area contributed by atoms with Crippen molar-refractivity contribution < 1.29 is 8.42 Å². The Morgan fingerprint density at radius 1 is 1.28 bits per heavy atom. The standard InChI is InChI=1S/C12H19BrN2O2S/c1-3-6-14-7-8-18(16,17)15-12-5-4-11(13)9-10(12)2/h4-5,9,14-15H,3,6-8H2,1-2H3. The zero-order valence-electron chi connectivity index (χ0n) is 10.7. The van der Waals surface area contributed by atoms with Crippen LogP contribution >= 0.6 is 15.9 Å². The molecule has 0 fully saturated rings. The number of rotatable bonds is 7. The van der Waals surface area contributed by atoms with Gasteiger partial charge in [-0.05, 0) is 43.7 Å². The Morgan fingerprint density at radius 2 is 2.00 bits per heavy atom. The first-order chi connectivity index (χ1) is 8.44. The molecule has 0 amide bonds. The summed E-state index contributed by atoms with van der Waals surface area (Å²) in [5.41, 5.74) is 1.53. The zero-order chi connectivity index (χ0) is 13.6. The van der Waals surface area contributed by atoms with Gasteiger partial charge in [0.1, 0.15) is 0 Å². The highest BCUT2D eigenvalue weighted by molar-refractivity contribution is 9.10. The SMILES string of the molecule is CCCNCCS(=O)(=O)Nc1ccc(Br)cc1C. The van der Waals surface area contributed by atoms with Crippen molar-refractivity contribution in [1.29, 1.82) is 0 Å². The summed E-state index contributed by atoms with van der Waals surface area (Å²) < 4.78 is 27.2. The van der Waals surface area contributed by atoms with Crippen LogP contribution in [-0.4, -0.2) is 27.3 Å². The van der Waals surface area contributed by atoms with Gasteiger partial charge in [-0.1, -0.05) is 22.9 Å². The largest absolute Gasteiger partial charge is 0.316 e. The summed E-state index contributed by atoms with van der Waals surface area (Å²) in [4.78, 5) is 0. The predicted octanol–water partition coefficient (Wildman–Crippen LogP) is 2.50. The van der Waals surface area contributed by atoms with Crippen molar-refractivity contribution in [1.82, 2.24) is 5.32 Å². The third-order valence-electron chi connectivity index (χ3n) is 2.43. The van der Waals surface area contributed by atoms with Crippen LogP contribution in [0.4, 0.5) is 5.69 Å². The van der Waals surface area contributed by atoms with E-state index < -0.39 is 10.0 Å². The molecule has 0 spiro atoms. The number of anilines is 1. The maximum atomic E-state index is 11.8. The molecule has 0 aliphatic rings.